The molecule has 1 saturated heterocycles. The summed E-state index contributed by atoms with van der Waals surface area (Å²) < 4.78 is 5.14. The Balaban J connectivity index is 4.00. The van der Waals surface area contributed by atoms with E-state index >= 15 is 0 Å². The second-order valence-electron chi connectivity index (χ2n) is 19.7. The largest absolute Gasteiger partial charge is 0.385 e. The van der Waals surface area contributed by atoms with Crippen molar-refractivity contribution in [3.8, 4) is 0 Å². The van der Waals surface area contributed by atoms with E-state index in [2.05, 4.69) is 21.3 Å². The van der Waals surface area contributed by atoms with Crippen LogP contribution < -0.4 is 21.3 Å². The highest BCUT2D eigenvalue weighted by Crippen LogP contribution is 2.21. The minimum Gasteiger partial charge on any atom is -0.385 e. The van der Waals surface area contributed by atoms with Crippen molar-refractivity contribution in [2.24, 2.45) is 23.7 Å². The van der Waals surface area contributed by atoms with E-state index in [9.17, 15) is 52.7 Å². The SMILES string of the molecule is COCCCCSC[C@@H]1C(=O)N(C)C(C(C)C)C(=O)N[C@@H](C(C)C)C(=O)N(C)[C@@H](CC(C)C)C(=O)N[C@H](C)C(=O)N[C@@H](C)C(=O)N(C)[C@H](CC(C)C)C(=O)N(C)C(=O)N(C)C(=O)N(C)C(=O)NC(=O)N1C. The molecule has 23 nitrogen and oxygen atoms in total. The summed E-state index contributed by atoms with van der Waals surface area (Å²) in [7, 11) is 10.1. The molecule has 71 heavy (non-hydrogen) atoms. The van der Waals surface area contributed by atoms with Gasteiger partial charge in [0.1, 0.15) is 42.3 Å². The summed E-state index contributed by atoms with van der Waals surface area (Å²) in [4.78, 5) is 159. The van der Waals surface area contributed by atoms with Gasteiger partial charge >= 0.3 is 24.1 Å². The van der Waals surface area contributed by atoms with Crippen molar-refractivity contribution in [2.75, 3.05) is 74.6 Å². The Morgan fingerprint density at radius 2 is 1.03 bits per heavy atom. The summed E-state index contributed by atoms with van der Waals surface area (Å²) in [5.74, 6) is -5.88. The molecule has 0 spiro atoms. The number of urea groups is 4. The van der Waals surface area contributed by atoms with E-state index in [0.717, 1.165) is 37.4 Å². The third-order valence-electron chi connectivity index (χ3n) is 12.2. The Morgan fingerprint density at radius 3 is 1.55 bits per heavy atom. The van der Waals surface area contributed by atoms with Crippen molar-refractivity contribution in [3.05, 3.63) is 0 Å². The summed E-state index contributed by atoms with van der Waals surface area (Å²) in [6.45, 7) is 17.4. The fraction of sp³-hybridized carbons (Fsp3) is 0.766. The molecule has 1 rings (SSSR count). The van der Waals surface area contributed by atoms with Gasteiger partial charge in [-0.15, -0.1) is 0 Å². The first-order valence-electron chi connectivity index (χ1n) is 24.0. The number of likely N-dealkylation sites (N-methyl/N-ethyl adjacent to an activating group) is 5. The lowest BCUT2D eigenvalue weighted by atomic mass is 9.96. The van der Waals surface area contributed by atoms with Gasteiger partial charge in [-0.1, -0.05) is 55.4 Å². The van der Waals surface area contributed by atoms with E-state index < -0.39 is 120 Å². The highest BCUT2D eigenvalue weighted by Gasteiger charge is 2.42. The molecule has 7 atom stereocenters. The number of rotatable bonds is 13. The lowest BCUT2D eigenvalue weighted by Gasteiger charge is -2.37. The Hall–Kier alpha value is -5.52. The average molecular weight is 1030 g/mol. The predicted octanol–water partition coefficient (Wildman–Crippen LogP) is 2.23. The number of imide groups is 4. The van der Waals surface area contributed by atoms with Crippen molar-refractivity contribution in [3.63, 3.8) is 0 Å². The smallest absolute Gasteiger partial charge is 0.335 e. The van der Waals surface area contributed by atoms with Crippen LogP contribution in [0.2, 0.25) is 0 Å². The molecule has 1 fully saturated rings. The number of carbonyl (C=O) groups excluding carboxylic acids is 11. The first-order valence-corrected chi connectivity index (χ1v) is 25.2. The van der Waals surface area contributed by atoms with E-state index in [-0.39, 0.29) is 30.4 Å². The molecule has 404 valence electrons. The van der Waals surface area contributed by atoms with Crippen molar-refractivity contribution < 1.29 is 57.5 Å². The van der Waals surface area contributed by atoms with Gasteiger partial charge in [0.25, 0.3) is 5.91 Å². The van der Waals surface area contributed by atoms with Gasteiger partial charge in [0.2, 0.25) is 35.4 Å². The van der Waals surface area contributed by atoms with Crippen LogP contribution in [-0.4, -0.2) is 217 Å². The second kappa shape index (κ2) is 29.1. The number of hydrogen-bond donors (Lipinski definition) is 4. The number of thioether (sulfide) groups is 1. The van der Waals surface area contributed by atoms with Gasteiger partial charge in [-0.25, -0.2) is 29.0 Å². The molecule has 0 saturated carbocycles. The van der Waals surface area contributed by atoms with Crippen molar-refractivity contribution in [1.82, 2.24) is 55.6 Å². The zero-order chi connectivity index (χ0) is 54.9. The fourth-order valence-electron chi connectivity index (χ4n) is 7.75. The lowest BCUT2D eigenvalue weighted by molar-refractivity contribution is -0.147. The fourth-order valence-corrected chi connectivity index (χ4v) is 8.92. The molecule has 1 aliphatic rings. The van der Waals surface area contributed by atoms with Crippen molar-refractivity contribution >= 4 is 77.2 Å². The summed E-state index contributed by atoms with van der Waals surface area (Å²) in [5.41, 5.74) is 0. The van der Waals surface area contributed by atoms with Gasteiger partial charge in [-0.2, -0.15) is 11.8 Å². The molecule has 0 aromatic heterocycles. The van der Waals surface area contributed by atoms with Gasteiger partial charge in [-0.05, 0) is 69.0 Å². The molecular formula is C47H83N11O12S. The van der Waals surface area contributed by atoms with Gasteiger partial charge in [0.15, 0.2) is 0 Å². The maximum atomic E-state index is 14.6. The van der Waals surface area contributed by atoms with E-state index in [1.54, 1.807) is 48.7 Å². The average Bonchev–Trinajstić information content (AvgIpc) is 3.30. The van der Waals surface area contributed by atoms with Crippen LogP contribution in [0.4, 0.5) is 19.2 Å². The molecule has 4 N–H and O–H groups in total. The lowest BCUT2D eigenvalue weighted by Crippen LogP contribution is -2.62. The molecule has 0 bridgehead atoms. The standard InChI is InChI=1S/C47H83N11O12S/c1-26(2)23-32-38(60)48-30(9)37(59)49-31(10)40(62)53(12)33(24-27(3)4)41(63)56(15)46(68)58(17)47(69)57(16)45(67)51-44(66)54(13)34(25-71-22-20-19-21-70-18)42(64)55(14)36(29(7)8)39(61)50-35(28(5)6)43(65)52(32)11/h26-36H,19-25H2,1-18H3,(H,48,60)(H,49,59)(H,50,61)(H,51,66,67)/t30-,31+,32+,33-,34-,35+,36?/m1/s1. The monoisotopic (exact) mass is 1030 g/mol. The van der Waals surface area contributed by atoms with Gasteiger partial charge in [0.05, 0.1) is 0 Å². The van der Waals surface area contributed by atoms with Crippen LogP contribution in [0.25, 0.3) is 0 Å². The molecule has 1 unspecified atom stereocenters. The molecule has 1 aliphatic heterocycles. The molecule has 0 aliphatic carbocycles. The maximum absolute atomic E-state index is 14.6. The zero-order valence-electron chi connectivity index (χ0n) is 45.2. The highest BCUT2D eigenvalue weighted by atomic mass is 32.2. The van der Waals surface area contributed by atoms with Crippen LogP contribution in [0.5, 0.6) is 0 Å². The Bertz CT molecular complexity index is 1920. The number of ether oxygens (including phenoxy) is 1. The van der Waals surface area contributed by atoms with Crippen LogP contribution in [0.1, 0.15) is 94.9 Å². The van der Waals surface area contributed by atoms with E-state index in [0.29, 0.717) is 33.5 Å². The summed E-state index contributed by atoms with van der Waals surface area (Å²) in [6.07, 6.45) is 1.64. The first kappa shape index (κ1) is 63.5. The van der Waals surface area contributed by atoms with Crippen LogP contribution in [0.15, 0.2) is 0 Å². The molecule has 0 radical (unpaired) electrons. The third kappa shape index (κ3) is 17.9. The maximum Gasteiger partial charge on any atom is 0.335 e. The number of unbranched alkanes of at least 4 members (excludes halogenated alkanes) is 1. The van der Waals surface area contributed by atoms with Gasteiger partial charge < -0.3 is 40.3 Å². The Morgan fingerprint density at radius 1 is 0.507 bits per heavy atom. The summed E-state index contributed by atoms with van der Waals surface area (Å²) in [5, 5.41) is 10.1. The van der Waals surface area contributed by atoms with Crippen molar-refractivity contribution in [2.45, 2.75) is 137 Å². The number of nitrogens with zero attached hydrogens (tertiary/aromatic N) is 7. The topological polar surface area (TPSA) is 268 Å². The third-order valence-corrected chi connectivity index (χ3v) is 13.3. The number of carbonyl (C=O) groups is 11. The first-order chi connectivity index (χ1) is 32.8. The van der Waals surface area contributed by atoms with Crippen LogP contribution >= 0.6 is 11.8 Å². The quantitative estimate of drug-likeness (QED) is 0.193. The van der Waals surface area contributed by atoms with Crippen LogP contribution in [0.3, 0.4) is 0 Å². The van der Waals surface area contributed by atoms with Crippen LogP contribution in [0, 0.1) is 23.7 Å². The number of nitrogens with one attached hydrogen (secondary N) is 4. The highest BCUT2D eigenvalue weighted by molar-refractivity contribution is 7.99. The van der Waals surface area contributed by atoms with Gasteiger partial charge in [0, 0.05) is 68.8 Å². The molecule has 24 heteroatoms. The van der Waals surface area contributed by atoms with E-state index in [1.165, 1.54) is 63.6 Å². The molecule has 0 aromatic carbocycles. The van der Waals surface area contributed by atoms with Crippen molar-refractivity contribution in [1.29, 1.82) is 0 Å². The number of hydrogen-bond acceptors (Lipinski definition) is 13. The predicted molar refractivity (Wildman–Crippen MR) is 268 cm³/mol. The van der Waals surface area contributed by atoms with Crippen LogP contribution in [-0.2, 0) is 38.3 Å². The Labute approximate surface area is 424 Å². The number of methoxy groups -OCH3 is 1. The van der Waals surface area contributed by atoms with E-state index in [4.69, 9.17) is 4.74 Å². The molecule has 15 amide bonds. The summed E-state index contributed by atoms with van der Waals surface area (Å²) in [6, 6.07) is -13.4. The normalized spacial score (nSPS) is 24.8. The van der Waals surface area contributed by atoms with Gasteiger partial charge in [-0.3, -0.25) is 43.8 Å². The number of amides is 15. The van der Waals surface area contributed by atoms with E-state index in [1.807, 2.05) is 13.8 Å². The minimum absolute atomic E-state index is 0.0159. The summed E-state index contributed by atoms with van der Waals surface area (Å²) >= 11 is 1.34. The second-order valence-corrected chi connectivity index (χ2v) is 20.9. The molecule has 0 aromatic rings. The molecular weight excluding hydrogens is 943 g/mol. The minimum atomic E-state index is -1.29. The Kier molecular flexibility index (Phi) is 26.0. The zero-order valence-corrected chi connectivity index (χ0v) is 46.1. The molecule has 1 heterocycles.